The van der Waals surface area contributed by atoms with Crippen molar-refractivity contribution in [2.75, 3.05) is 0 Å². The van der Waals surface area contributed by atoms with E-state index in [1.54, 1.807) is 0 Å². The number of hydrogen-bond donors (Lipinski definition) is 0. The van der Waals surface area contributed by atoms with E-state index in [1.165, 1.54) is 0 Å². The van der Waals surface area contributed by atoms with E-state index in [1.807, 2.05) is 0 Å². The predicted octanol–water partition coefficient (Wildman–Crippen LogP) is 1.80. The van der Waals surface area contributed by atoms with Crippen LogP contribution in [0.5, 0.6) is 5.75 Å². The van der Waals surface area contributed by atoms with Crippen molar-refractivity contribution in [1.29, 1.82) is 0 Å². The smallest absolute Gasteiger partial charge is 0.405 e. The number of benzene rings is 1. The van der Waals surface area contributed by atoms with Gasteiger partial charge in [0.2, 0.25) is 6.08 Å². The average molecular weight is 199 g/mol. The van der Waals surface area contributed by atoms with E-state index in [2.05, 4.69) is 9.73 Å². The molecule has 0 radical (unpaired) electrons. The first-order chi connectivity index (χ1) is 6.63. The molecule has 0 saturated carbocycles. The Morgan fingerprint density at radius 1 is 1.43 bits per heavy atom. The van der Waals surface area contributed by atoms with Crippen LogP contribution in [-0.2, 0) is 4.79 Å². The van der Waals surface area contributed by atoms with Crippen molar-refractivity contribution in [3.63, 3.8) is 0 Å². The van der Waals surface area contributed by atoms with E-state index in [0.29, 0.717) is 6.07 Å². The van der Waals surface area contributed by atoms with E-state index in [4.69, 9.17) is 0 Å². The summed E-state index contributed by atoms with van der Waals surface area (Å²) in [5, 5.41) is 0. The molecule has 0 heterocycles. The maximum atomic E-state index is 12.8. The molecule has 0 N–H and O–H groups in total. The second-order valence-electron chi connectivity index (χ2n) is 2.15. The summed E-state index contributed by atoms with van der Waals surface area (Å²) in [5.41, 5.74) is 0. The quantitative estimate of drug-likeness (QED) is 0.511. The number of nitrogens with zero attached hydrogens (tertiary/aromatic N) is 1. The molecule has 1 rings (SSSR count). The molecule has 0 aliphatic heterocycles. The Bertz CT molecular complexity index is 413. The molecule has 4 nitrogen and oxygen atoms in total. The summed E-state index contributed by atoms with van der Waals surface area (Å²) in [6.45, 7) is 0. The van der Waals surface area contributed by atoms with E-state index in [9.17, 15) is 18.4 Å². The van der Waals surface area contributed by atoms with Crippen LogP contribution < -0.4 is 4.74 Å². The lowest BCUT2D eigenvalue weighted by Crippen LogP contribution is -2.03. The number of carbonyl (C=O) groups excluding carboxylic acids is 2. The number of amides is 1. The summed E-state index contributed by atoms with van der Waals surface area (Å²) in [6.07, 6.45) is -0.451. The largest absolute Gasteiger partial charge is 0.450 e. The van der Waals surface area contributed by atoms with Gasteiger partial charge in [-0.05, 0) is 12.1 Å². The van der Waals surface area contributed by atoms with Gasteiger partial charge in [0.1, 0.15) is 5.82 Å². The molecule has 0 aliphatic rings. The van der Waals surface area contributed by atoms with Gasteiger partial charge in [-0.2, -0.15) is 0 Å². The van der Waals surface area contributed by atoms with E-state index in [-0.39, 0.29) is 0 Å². The zero-order valence-electron chi connectivity index (χ0n) is 6.66. The standard InChI is InChI=1S/C8H3F2NO3/c9-5-1-2-6(10)7(3-5)14-8(13)11-4-12/h1-3H. The average Bonchev–Trinajstić information content (AvgIpc) is 2.12. The maximum Gasteiger partial charge on any atom is 0.450 e. The zero-order valence-corrected chi connectivity index (χ0v) is 6.66. The molecule has 72 valence electrons. The third kappa shape index (κ3) is 2.46. The minimum absolute atomic E-state index is 0.631. The van der Waals surface area contributed by atoms with Gasteiger partial charge in [0, 0.05) is 6.07 Å². The fraction of sp³-hybridized carbons (Fsp3) is 0. The van der Waals surface area contributed by atoms with Crippen molar-refractivity contribution in [3.8, 4) is 5.75 Å². The van der Waals surface area contributed by atoms with Gasteiger partial charge in [-0.1, -0.05) is 4.99 Å². The van der Waals surface area contributed by atoms with Crippen LogP contribution in [0, 0.1) is 11.6 Å². The summed E-state index contributed by atoms with van der Waals surface area (Å²) in [7, 11) is 0. The molecule has 0 saturated heterocycles. The molecule has 6 heteroatoms. The Hall–Kier alpha value is -2.07. The fourth-order valence-corrected chi connectivity index (χ4v) is 0.710. The van der Waals surface area contributed by atoms with Crippen LogP contribution in [0.15, 0.2) is 23.2 Å². The Morgan fingerprint density at radius 3 is 2.79 bits per heavy atom. The van der Waals surface area contributed by atoms with Gasteiger partial charge in [0.25, 0.3) is 0 Å². The molecule has 0 aliphatic carbocycles. The van der Waals surface area contributed by atoms with Crippen molar-refractivity contribution in [2.24, 2.45) is 4.99 Å². The van der Waals surface area contributed by atoms with Crippen molar-refractivity contribution >= 4 is 12.2 Å². The summed E-state index contributed by atoms with van der Waals surface area (Å²) in [6, 6.07) is 2.30. The Balaban J connectivity index is 2.90. The molecule has 0 bridgehead atoms. The lowest BCUT2D eigenvalue weighted by atomic mass is 10.3. The number of rotatable bonds is 1. The third-order valence-electron chi connectivity index (χ3n) is 1.23. The maximum absolute atomic E-state index is 12.8. The van der Waals surface area contributed by atoms with Gasteiger partial charge in [-0.3, -0.25) is 0 Å². The summed E-state index contributed by atoms with van der Waals surface area (Å²) in [4.78, 5) is 22.7. The topological polar surface area (TPSA) is 55.7 Å². The van der Waals surface area contributed by atoms with Gasteiger partial charge in [-0.25, -0.2) is 18.4 Å². The van der Waals surface area contributed by atoms with E-state index < -0.39 is 23.5 Å². The van der Waals surface area contributed by atoms with Gasteiger partial charge in [0.15, 0.2) is 11.6 Å². The molecular weight excluding hydrogens is 196 g/mol. The number of hydrogen-bond acceptors (Lipinski definition) is 3. The number of aliphatic imine (C=N–C) groups is 1. The summed E-state index contributed by atoms with van der Waals surface area (Å²) in [5.74, 6) is -2.33. The monoisotopic (exact) mass is 199 g/mol. The van der Waals surface area contributed by atoms with Crippen LogP contribution in [0.1, 0.15) is 0 Å². The first-order valence-corrected chi connectivity index (χ1v) is 3.38. The number of ether oxygens (including phenoxy) is 1. The summed E-state index contributed by atoms with van der Waals surface area (Å²) >= 11 is 0. The third-order valence-corrected chi connectivity index (χ3v) is 1.23. The highest BCUT2D eigenvalue weighted by Crippen LogP contribution is 2.18. The molecule has 14 heavy (non-hydrogen) atoms. The van der Waals surface area contributed by atoms with Crippen LogP contribution in [-0.4, -0.2) is 12.2 Å². The number of isocyanates is 1. The van der Waals surface area contributed by atoms with Crippen molar-refractivity contribution in [3.05, 3.63) is 29.8 Å². The SMILES string of the molecule is O=C=NC(=O)Oc1cc(F)ccc1F. The van der Waals surface area contributed by atoms with Crippen LogP contribution in [0.2, 0.25) is 0 Å². The minimum atomic E-state index is -1.36. The molecule has 1 aromatic carbocycles. The zero-order chi connectivity index (χ0) is 10.6. The normalized spacial score (nSPS) is 9.00. The Labute approximate surface area is 76.8 Å². The van der Waals surface area contributed by atoms with Crippen LogP contribution in [0.3, 0.4) is 0 Å². The molecule has 0 fully saturated rings. The highest BCUT2D eigenvalue weighted by Gasteiger charge is 2.09. The highest BCUT2D eigenvalue weighted by molar-refractivity contribution is 5.76. The lowest BCUT2D eigenvalue weighted by molar-refractivity contribution is 0.209. The van der Waals surface area contributed by atoms with Gasteiger partial charge in [-0.15, -0.1) is 0 Å². The van der Waals surface area contributed by atoms with Gasteiger partial charge in [0.05, 0.1) is 0 Å². The van der Waals surface area contributed by atoms with Crippen molar-refractivity contribution < 1.29 is 23.1 Å². The van der Waals surface area contributed by atoms with E-state index >= 15 is 0 Å². The first-order valence-electron chi connectivity index (χ1n) is 3.38. The Morgan fingerprint density at radius 2 is 2.14 bits per heavy atom. The van der Waals surface area contributed by atoms with E-state index in [0.717, 1.165) is 18.2 Å². The van der Waals surface area contributed by atoms with Crippen LogP contribution in [0.25, 0.3) is 0 Å². The number of carbonyl (C=O) groups is 1. The first kappa shape index (κ1) is 10.0. The molecule has 0 unspecified atom stereocenters. The Kier molecular flexibility index (Phi) is 3.04. The minimum Gasteiger partial charge on any atom is -0.405 e. The fourth-order valence-electron chi connectivity index (χ4n) is 0.710. The van der Waals surface area contributed by atoms with Crippen molar-refractivity contribution in [2.45, 2.75) is 0 Å². The van der Waals surface area contributed by atoms with Crippen LogP contribution in [0.4, 0.5) is 13.6 Å². The van der Waals surface area contributed by atoms with Gasteiger partial charge < -0.3 is 4.74 Å². The predicted molar refractivity (Wildman–Crippen MR) is 40.5 cm³/mol. The van der Waals surface area contributed by atoms with Crippen molar-refractivity contribution in [1.82, 2.24) is 0 Å². The number of halogens is 2. The van der Waals surface area contributed by atoms with Crippen LogP contribution >= 0.6 is 0 Å². The second-order valence-corrected chi connectivity index (χ2v) is 2.15. The second kappa shape index (κ2) is 4.25. The molecule has 0 atom stereocenters. The molecule has 1 aromatic rings. The lowest BCUT2D eigenvalue weighted by Gasteiger charge is -2.00. The molecular formula is C8H3F2NO3. The molecule has 0 spiro atoms. The highest BCUT2D eigenvalue weighted by atomic mass is 19.1. The summed E-state index contributed by atoms with van der Waals surface area (Å²) < 4.78 is 29.5. The molecule has 1 amide bonds. The van der Waals surface area contributed by atoms with Gasteiger partial charge >= 0.3 is 6.09 Å². The molecule has 0 aromatic heterocycles.